The summed E-state index contributed by atoms with van der Waals surface area (Å²) in [7, 11) is 0. The van der Waals surface area contributed by atoms with Gasteiger partial charge in [-0.05, 0) is 52.2 Å². The summed E-state index contributed by atoms with van der Waals surface area (Å²) in [4.78, 5) is 7.46. The van der Waals surface area contributed by atoms with Gasteiger partial charge in [-0.25, -0.2) is 0 Å². The molecule has 1 aliphatic rings. The van der Waals surface area contributed by atoms with Gasteiger partial charge in [0.15, 0.2) is 5.96 Å². The second-order valence-corrected chi connectivity index (χ2v) is 7.93. The maximum absolute atomic E-state index is 5.90. The lowest BCUT2D eigenvalue weighted by atomic mass is 10.1. The number of hydrogen-bond acceptors (Lipinski definition) is 4. The van der Waals surface area contributed by atoms with Crippen LogP contribution in [0.25, 0.3) is 0 Å². The van der Waals surface area contributed by atoms with E-state index in [4.69, 9.17) is 9.47 Å². The molecule has 1 atom stereocenters. The predicted molar refractivity (Wildman–Crippen MR) is 106 cm³/mol. The molecule has 0 amide bonds. The Bertz CT molecular complexity index is 513. The number of nitrogens with one attached hydrogen (secondary N) is 2. The number of ether oxygens (including phenoxy) is 2. The zero-order valence-corrected chi connectivity index (χ0v) is 16.7. The summed E-state index contributed by atoms with van der Waals surface area (Å²) in [6, 6.07) is 4.76. The lowest BCUT2D eigenvalue weighted by molar-refractivity contribution is -0.0318. The largest absolute Gasteiger partial charge is 0.381 e. The van der Waals surface area contributed by atoms with Crippen molar-refractivity contribution in [1.29, 1.82) is 0 Å². The molecule has 0 radical (unpaired) electrons. The van der Waals surface area contributed by atoms with E-state index >= 15 is 0 Å². The van der Waals surface area contributed by atoms with Crippen molar-refractivity contribution in [2.24, 2.45) is 4.99 Å². The molecule has 1 fully saturated rings. The van der Waals surface area contributed by atoms with Crippen LogP contribution >= 0.6 is 11.3 Å². The minimum absolute atomic E-state index is 0.356. The lowest BCUT2D eigenvalue weighted by Crippen LogP contribution is -2.43. The van der Waals surface area contributed by atoms with E-state index in [0.717, 1.165) is 64.6 Å². The van der Waals surface area contributed by atoms with Crippen LogP contribution in [0.2, 0.25) is 0 Å². The Balaban J connectivity index is 1.67. The zero-order valence-electron chi connectivity index (χ0n) is 15.8. The lowest BCUT2D eigenvalue weighted by Gasteiger charge is -2.22. The fourth-order valence-corrected chi connectivity index (χ4v) is 3.87. The molecule has 6 heteroatoms. The molecule has 25 heavy (non-hydrogen) atoms. The molecule has 0 saturated carbocycles. The van der Waals surface area contributed by atoms with Crippen molar-refractivity contribution in [3.8, 4) is 0 Å². The van der Waals surface area contributed by atoms with Crippen molar-refractivity contribution in [3.05, 3.63) is 21.9 Å². The molecular weight excluding hydrogens is 334 g/mol. The molecule has 2 rings (SSSR count). The van der Waals surface area contributed by atoms with Gasteiger partial charge in [0.1, 0.15) is 0 Å². The quantitative estimate of drug-likeness (QED) is 0.400. The number of hydrogen-bond donors (Lipinski definition) is 2. The Labute approximate surface area is 156 Å². The van der Waals surface area contributed by atoms with Crippen molar-refractivity contribution >= 4 is 17.3 Å². The summed E-state index contributed by atoms with van der Waals surface area (Å²) in [6.07, 6.45) is 4.39. The number of thiophene rings is 1. The van der Waals surface area contributed by atoms with Crippen LogP contribution in [0.15, 0.2) is 17.1 Å². The van der Waals surface area contributed by atoms with Gasteiger partial charge in [0, 0.05) is 55.1 Å². The molecule has 2 N–H and O–H groups in total. The van der Waals surface area contributed by atoms with Crippen molar-refractivity contribution in [3.63, 3.8) is 0 Å². The first-order chi connectivity index (χ1) is 12.2. The van der Waals surface area contributed by atoms with Gasteiger partial charge in [0.2, 0.25) is 0 Å². The summed E-state index contributed by atoms with van der Waals surface area (Å²) < 4.78 is 11.2. The van der Waals surface area contributed by atoms with Gasteiger partial charge in [0.05, 0.1) is 6.10 Å². The van der Waals surface area contributed by atoms with Gasteiger partial charge in [-0.3, -0.25) is 4.99 Å². The SMILES string of the molecule is CCNC(=NCCCOC1CCOCC1)NC(C)Cc1ccc(C)s1. The first-order valence-electron chi connectivity index (χ1n) is 9.47. The van der Waals surface area contributed by atoms with Crippen molar-refractivity contribution in [2.75, 3.05) is 32.9 Å². The maximum Gasteiger partial charge on any atom is 0.191 e. The van der Waals surface area contributed by atoms with Gasteiger partial charge < -0.3 is 20.1 Å². The predicted octanol–water partition coefficient (Wildman–Crippen LogP) is 3.13. The molecule has 1 unspecified atom stereocenters. The highest BCUT2D eigenvalue weighted by molar-refractivity contribution is 7.11. The molecule has 1 aromatic rings. The van der Waals surface area contributed by atoms with Gasteiger partial charge in [-0.1, -0.05) is 0 Å². The van der Waals surface area contributed by atoms with E-state index in [-0.39, 0.29) is 0 Å². The second kappa shape index (κ2) is 11.5. The topological polar surface area (TPSA) is 54.9 Å². The van der Waals surface area contributed by atoms with E-state index in [1.54, 1.807) is 0 Å². The Kier molecular flexibility index (Phi) is 9.29. The third-order valence-electron chi connectivity index (χ3n) is 4.12. The van der Waals surface area contributed by atoms with Gasteiger partial charge >= 0.3 is 0 Å². The Morgan fingerprint density at radius 1 is 1.40 bits per heavy atom. The van der Waals surface area contributed by atoms with Gasteiger partial charge in [-0.2, -0.15) is 0 Å². The summed E-state index contributed by atoms with van der Waals surface area (Å²) >= 11 is 1.87. The summed E-state index contributed by atoms with van der Waals surface area (Å²) in [6.45, 7) is 10.5. The normalized spacial score (nSPS) is 17.5. The second-order valence-electron chi connectivity index (χ2n) is 6.56. The van der Waals surface area contributed by atoms with E-state index in [9.17, 15) is 0 Å². The smallest absolute Gasteiger partial charge is 0.191 e. The molecule has 1 aliphatic heterocycles. The molecule has 2 heterocycles. The van der Waals surface area contributed by atoms with Gasteiger partial charge in [-0.15, -0.1) is 11.3 Å². The molecule has 0 spiro atoms. The first kappa shape index (κ1) is 20.2. The molecule has 5 nitrogen and oxygen atoms in total. The molecule has 0 bridgehead atoms. The van der Waals surface area contributed by atoms with Crippen LogP contribution in [-0.4, -0.2) is 51.0 Å². The molecule has 142 valence electrons. The minimum Gasteiger partial charge on any atom is -0.381 e. The van der Waals surface area contributed by atoms with Crippen molar-refractivity contribution in [2.45, 2.75) is 58.6 Å². The molecule has 0 aromatic carbocycles. The number of guanidine groups is 1. The number of nitrogens with zero attached hydrogens (tertiary/aromatic N) is 1. The van der Waals surface area contributed by atoms with Crippen LogP contribution in [0, 0.1) is 6.92 Å². The average molecular weight is 368 g/mol. The molecule has 1 saturated heterocycles. The average Bonchev–Trinajstić information content (AvgIpc) is 3.00. The highest BCUT2D eigenvalue weighted by atomic mass is 32.1. The number of aliphatic imine (C=N–C) groups is 1. The van der Waals surface area contributed by atoms with E-state index < -0.39 is 0 Å². The fraction of sp³-hybridized carbons (Fsp3) is 0.737. The number of aryl methyl sites for hydroxylation is 1. The van der Waals surface area contributed by atoms with Crippen molar-refractivity contribution in [1.82, 2.24) is 10.6 Å². The Hall–Kier alpha value is -1.11. The van der Waals surface area contributed by atoms with Crippen LogP contribution in [0.3, 0.4) is 0 Å². The van der Waals surface area contributed by atoms with Crippen LogP contribution in [-0.2, 0) is 15.9 Å². The summed E-state index contributed by atoms with van der Waals surface area (Å²) in [5, 5.41) is 6.83. The minimum atomic E-state index is 0.356. The first-order valence-corrected chi connectivity index (χ1v) is 10.3. The third-order valence-corrected chi connectivity index (χ3v) is 5.15. The Morgan fingerprint density at radius 2 is 2.20 bits per heavy atom. The monoisotopic (exact) mass is 367 g/mol. The summed E-state index contributed by atoms with van der Waals surface area (Å²) in [5.74, 6) is 0.898. The summed E-state index contributed by atoms with van der Waals surface area (Å²) in [5.41, 5.74) is 0. The van der Waals surface area contributed by atoms with Crippen molar-refractivity contribution < 1.29 is 9.47 Å². The van der Waals surface area contributed by atoms with Gasteiger partial charge in [0.25, 0.3) is 0 Å². The zero-order chi connectivity index (χ0) is 17.9. The Morgan fingerprint density at radius 3 is 2.88 bits per heavy atom. The van der Waals surface area contributed by atoms with E-state index in [2.05, 4.69) is 48.5 Å². The van der Waals surface area contributed by atoms with E-state index in [1.807, 2.05) is 11.3 Å². The number of rotatable bonds is 9. The fourth-order valence-electron chi connectivity index (χ4n) is 2.85. The van der Waals surface area contributed by atoms with E-state index in [1.165, 1.54) is 9.75 Å². The molecular formula is C19H33N3O2S. The maximum atomic E-state index is 5.90. The third kappa shape index (κ3) is 8.21. The van der Waals surface area contributed by atoms with E-state index in [0.29, 0.717) is 12.1 Å². The van der Waals surface area contributed by atoms with Crippen LogP contribution < -0.4 is 10.6 Å². The molecule has 1 aromatic heterocycles. The highest BCUT2D eigenvalue weighted by Gasteiger charge is 2.13. The van der Waals surface area contributed by atoms with Crippen LogP contribution in [0.5, 0.6) is 0 Å². The standard InChI is InChI=1S/C19H33N3O2S/c1-4-20-19(22-15(2)14-18-7-6-16(3)25-18)21-10-5-11-24-17-8-12-23-13-9-17/h6-7,15,17H,4-5,8-14H2,1-3H3,(H2,20,21,22). The van der Waals surface area contributed by atoms with Crippen LogP contribution in [0.1, 0.15) is 42.9 Å². The highest BCUT2D eigenvalue weighted by Crippen LogP contribution is 2.16. The molecule has 0 aliphatic carbocycles. The van der Waals surface area contributed by atoms with Crippen LogP contribution in [0.4, 0.5) is 0 Å².